The van der Waals surface area contributed by atoms with E-state index in [1.54, 1.807) is 7.11 Å². The number of rotatable bonds is 6. The molecule has 0 aromatic carbocycles. The Balaban J connectivity index is 2.35. The number of hydrogen-bond acceptors (Lipinski definition) is 3. The van der Waals surface area contributed by atoms with Crippen LogP contribution in [0.4, 0.5) is 0 Å². The molecule has 0 bridgehead atoms. The molecule has 90 valence electrons. The van der Waals surface area contributed by atoms with Gasteiger partial charge in [-0.1, -0.05) is 13.8 Å². The van der Waals surface area contributed by atoms with Gasteiger partial charge in [-0.15, -0.1) is 0 Å². The number of methoxy groups -OCH3 is 1. The van der Waals surface area contributed by atoms with Gasteiger partial charge in [0.15, 0.2) is 0 Å². The van der Waals surface area contributed by atoms with E-state index in [0.717, 1.165) is 19.8 Å². The van der Waals surface area contributed by atoms with E-state index in [0.29, 0.717) is 23.9 Å². The second-order valence-electron chi connectivity index (χ2n) is 4.88. The summed E-state index contributed by atoms with van der Waals surface area (Å²) < 4.78 is 10.6. The minimum absolute atomic E-state index is 0.450. The van der Waals surface area contributed by atoms with Gasteiger partial charge in [0.05, 0.1) is 13.2 Å². The molecule has 1 aliphatic rings. The van der Waals surface area contributed by atoms with E-state index in [1.165, 1.54) is 6.42 Å². The second-order valence-corrected chi connectivity index (χ2v) is 4.88. The monoisotopic (exact) mass is 215 g/mol. The van der Waals surface area contributed by atoms with Crippen molar-refractivity contribution in [3.8, 4) is 0 Å². The molecule has 0 amide bonds. The van der Waals surface area contributed by atoms with Crippen LogP contribution in [0.2, 0.25) is 0 Å². The molecule has 1 aliphatic heterocycles. The maximum absolute atomic E-state index is 5.41. The predicted octanol–water partition coefficient (Wildman–Crippen LogP) is 1.67. The van der Waals surface area contributed by atoms with E-state index >= 15 is 0 Å². The molecule has 1 rings (SSSR count). The fourth-order valence-electron chi connectivity index (χ4n) is 2.03. The van der Waals surface area contributed by atoms with Crippen molar-refractivity contribution < 1.29 is 9.47 Å². The summed E-state index contributed by atoms with van der Waals surface area (Å²) in [5.74, 6) is 1.28. The minimum Gasteiger partial charge on any atom is -0.383 e. The summed E-state index contributed by atoms with van der Waals surface area (Å²) in [4.78, 5) is 0. The molecule has 0 spiro atoms. The molecular formula is C12H25NO2. The van der Waals surface area contributed by atoms with Crippen LogP contribution < -0.4 is 5.32 Å². The van der Waals surface area contributed by atoms with E-state index in [2.05, 4.69) is 26.1 Å². The van der Waals surface area contributed by atoms with E-state index < -0.39 is 0 Å². The maximum Gasteiger partial charge on any atom is 0.0618 e. The van der Waals surface area contributed by atoms with Crippen molar-refractivity contribution in [2.75, 3.05) is 26.9 Å². The lowest BCUT2D eigenvalue weighted by Crippen LogP contribution is -2.46. The van der Waals surface area contributed by atoms with Gasteiger partial charge in [0.2, 0.25) is 0 Å². The molecule has 1 N–H and O–H groups in total. The van der Waals surface area contributed by atoms with E-state index in [1.807, 2.05) is 0 Å². The van der Waals surface area contributed by atoms with Crippen molar-refractivity contribution >= 4 is 0 Å². The Hall–Kier alpha value is -0.120. The van der Waals surface area contributed by atoms with E-state index in [4.69, 9.17) is 9.47 Å². The summed E-state index contributed by atoms with van der Waals surface area (Å²) in [7, 11) is 1.76. The lowest BCUT2D eigenvalue weighted by Gasteiger charge is -2.28. The first-order valence-electron chi connectivity index (χ1n) is 5.98. The second kappa shape index (κ2) is 6.46. The van der Waals surface area contributed by atoms with Crippen molar-refractivity contribution in [1.82, 2.24) is 5.32 Å². The van der Waals surface area contributed by atoms with Gasteiger partial charge >= 0.3 is 0 Å². The molecule has 3 atom stereocenters. The van der Waals surface area contributed by atoms with Gasteiger partial charge in [-0.25, -0.2) is 0 Å². The van der Waals surface area contributed by atoms with Gasteiger partial charge in [-0.2, -0.15) is 0 Å². The molecule has 15 heavy (non-hydrogen) atoms. The summed E-state index contributed by atoms with van der Waals surface area (Å²) in [5.41, 5.74) is 0. The highest BCUT2D eigenvalue weighted by Gasteiger charge is 2.25. The van der Waals surface area contributed by atoms with Crippen LogP contribution in [-0.4, -0.2) is 39.0 Å². The Morgan fingerprint density at radius 2 is 2.13 bits per heavy atom. The highest BCUT2D eigenvalue weighted by Crippen LogP contribution is 2.17. The molecule has 0 aromatic heterocycles. The molecule has 3 heteroatoms. The average Bonchev–Trinajstić information content (AvgIpc) is 2.69. The van der Waals surface area contributed by atoms with Crippen LogP contribution in [-0.2, 0) is 9.47 Å². The van der Waals surface area contributed by atoms with Gasteiger partial charge < -0.3 is 14.8 Å². The highest BCUT2D eigenvalue weighted by molar-refractivity contribution is 4.80. The third-order valence-electron chi connectivity index (χ3n) is 3.30. The molecule has 0 aromatic rings. The summed E-state index contributed by atoms with van der Waals surface area (Å²) >= 11 is 0. The van der Waals surface area contributed by atoms with Gasteiger partial charge in [0, 0.05) is 25.8 Å². The van der Waals surface area contributed by atoms with Crippen molar-refractivity contribution in [3.63, 3.8) is 0 Å². The summed E-state index contributed by atoms with van der Waals surface area (Å²) in [6.07, 6.45) is 1.19. The zero-order chi connectivity index (χ0) is 11.3. The molecule has 3 nitrogen and oxygen atoms in total. The zero-order valence-electron chi connectivity index (χ0n) is 10.5. The van der Waals surface area contributed by atoms with Crippen LogP contribution in [0.1, 0.15) is 27.2 Å². The normalized spacial score (nSPS) is 25.8. The van der Waals surface area contributed by atoms with Crippen LogP contribution in [0, 0.1) is 11.8 Å². The number of nitrogens with one attached hydrogen (secondary N) is 1. The maximum atomic E-state index is 5.41. The summed E-state index contributed by atoms with van der Waals surface area (Å²) in [6.45, 7) is 9.34. The quantitative estimate of drug-likeness (QED) is 0.731. The van der Waals surface area contributed by atoms with Crippen molar-refractivity contribution in [2.24, 2.45) is 11.8 Å². The summed E-state index contributed by atoms with van der Waals surface area (Å²) in [6, 6.07) is 0.973. The molecule has 0 aliphatic carbocycles. The van der Waals surface area contributed by atoms with Crippen LogP contribution in [0.3, 0.4) is 0 Å². The third-order valence-corrected chi connectivity index (χ3v) is 3.30. The van der Waals surface area contributed by atoms with Crippen molar-refractivity contribution in [3.05, 3.63) is 0 Å². The first kappa shape index (κ1) is 12.9. The van der Waals surface area contributed by atoms with Gasteiger partial charge in [0.25, 0.3) is 0 Å². The topological polar surface area (TPSA) is 30.5 Å². The lowest BCUT2D eigenvalue weighted by molar-refractivity contribution is 0.130. The predicted molar refractivity (Wildman–Crippen MR) is 62.0 cm³/mol. The largest absolute Gasteiger partial charge is 0.383 e. The van der Waals surface area contributed by atoms with Crippen molar-refractivity contribution in [2.45, 2.75) is 39.3 Å². The van der Waals surface area contributed by atoms with Gasteiger partial charge in [-0.05, 0) is 25.2 Å². The Bertz CT molecular complexity index is 167. The highest BCUT2D eigenvalue weighted by atomic mass is 16.5. The Kier molecular flexibility index (Phi) is 5.58. The first-order valence-corrected chi connectivity index (χ1v) is 5.98. The standard InChI is InChI=1S/C12H25NO2/c1-9(2)12(8-14-4)13-10(3)11-5-6-15-7-11/h9-13H,5-8H2,1-4H3. The molecule has 1 heterocycles. The minimum atomic E-state index is 0.450. The molecular weight excluding hydrogens is 190 g/mol. The van der Waals surface area contributed by atoms with Gasteiger partial charge in [-0.3, -0.25) is 0 Å². The first-order chi connectivity index (χ1) is 7.15. The smallest absolute Gasteiger partial charge is 0.0618 e. The van der Waals surface area contributed by atoms with Crippen molar-refractivity contribution in [1.29, 1.82) is 0 Å². The van der Waals surface area contributed by atoms with Crippen LogP contribution in [0.15, 0.2) is 0 Å². The molecule has 1 saturated heterocycles. The van der Waals surface area contributed by atoms with Crippen LogP contribution in [0.25, 0.3) is 0 Å². The molecule has 0 saturated carbocycles. The number of ether oxygens (including phenoxy) is 2. The Labute approximate surface area is 93.5 Å². The average molecular weight is 215 g/mol. The third kappa shape index (κ3) is 4.09. The lowest BCUT2D eigenvalue weighted by atomic mass is 9.97. The summed E-state index contributed by atoms with van der Waals surface area (Å²) in [5, 5.41) is 3.65. The van der Waals surface area contributed by atoms with Crippen LogP contribution >= 0.6 is 0 Å². The zero-order valence-corrected chi connectivity index (χ0v) is 10.5. The van der Waals surface area contributed by atoms with E-state index in [9.17, 15) is 0 Å². The van der Waals surface area contributed by atoms with E-state index in [-0.39, 0.29) is 0 Å². The Morgan fingerprint density at radius 1 is 1.40 bits per heavy atom. The molecule has 3 unspecified atom stereocenters. The fraction of sp³-hybridized carbons (Fsp3) is 1.00. The fourth-order valence-corrected chi connectivity index (χ4v) is 2.03. The molecule has 1 fully saturated rings. The Morgan fingerprint density at radius 3 is 2.60 bits per heavy atom. The SMILES string of the molecule is COCC(NC(C)C1CCOC1)C(C)C. The number of hydrogen-bond donors (Lipinski definition) is 1. The van der Waals surface area contributed by atoms with Gasteiger partial charge in [0.1, 0.15) is 0 Å². The van der Waals surface area contributed by atoms with Crippen LogP contribution in [0.5, 0.6) is 0 Å². The molecule has 0 radical (unpaired) electrons.